The molecule has 102 valence electrons. The van der Waals surface area contributed by atoms with E-state index in [4.69, 9.17) is 0 Å². The van der Waals surface area contributed by atoms with Gasteiger partial charge in [0.25, 0.3) is 0 Å². The lowest BCUT2D eigenvalue weighted by Crippen LogP contribution is -2.56. The van der Waals surface area contributed by atoms with Gasteiger partial charge in [-0.25, -0.2) is 0 Å². The number of rotatable bonds is 4. The zero-order valence-corrected chi connectivity index (χ0v) is 12.1. The summed E-state index contributed by atoms with van der Waals surface area (Å²) in [5.41, 5.74) is -0.811. The maximum atomic E-state index is 12.5. The Morgan fingerprint density at radius 3 is 2.33 bits per heavy atom. The molecule has 0 aliphatic carbocycles. The Kier molecular flexibility index (Phi) is 5.15. The van der Waals surface area contributed by atoms with Crippen molar-refractivity contribution in [2.24, 2.45) is 5.41 Å². The summed E-state index contributed by atoms with van der Waals surface area (Å²) in [5, 5.41) is 9.33. The summed E-state index contributed by atoms with van der Waals surface area (Å²) in [6.45, 7) is 11.6. The van der Waals surface area contributed by atoms with Crippen LogP contribution in [0.25, 0.3) is 0 Å². The highest BCUT2D eigenvalue weighted by Gasteiger charge is 2.40. The highest BCUT2D eigenvalue weighted by atomic mass is 16.2. The minimum Gasteiger partial charge on any atom is -0.338 e. The predicted molar refractivity (Wildman–Crippen MR) is 71.9 cm³/mol. The molecule has 1 fully saturated rings. The molecule has 0 N–H and O–H groups in total. The molecule has 0 spiro atoms. The number of amides is 1. The molecule has 1 heterocycles. The Balaban J connectivity index is 2.78. The number of hydrogen-bond acceptors (Lipinski definition) is 3. The smallest absolute Gasteiger partial charge is 0.243 e. The minimum atomic E-state index is -0.811. The topological polar surface area (TPSA) is 47.3 Å². The van der Waals surface area contributed by atoms with E-state index in [-0.39, 0.29) is 5.91 Å². The van der Waals surface area contributed by atoms with Gasteiger partial charge in [0, 0.05) is 25.7 Å². The van der Waals surface area contributed by atoms with E-state index in [1.54, 1.807) is 0 Å². The van der Waals surface area contributed by atoms with E-state index in [2.05, 4.69) is 24.8 Å². The molecule has 0 radical (unpaired) electrons. The summed E-state index contributed by atoms with van der Waals surface area (Å²) in [7, 11) is 0. The quantitative estimate of drug-likeness (QED) is 0.766. The van der Waals surface area contributed by atoms with Crippen LogP contribution in [0.4, 0.5) is 0 Å². The van der Waals surface area contributed by atoms with Gasteiger partial charge in [0.1, 0.15) is 5.41 Å². The van der Waals surface area contributed by atoms with Gasteiger partial charge in [-0.3, -0.25) is 9.69 Å². The third kappa shape index (κ3) is 2.67. The average molecular weight is 251 g/mol. The number of hydrogen-bond donors (Lipinski definition) is 0. The maximum absolute atomic E-state index is 12.5. The maximum Gasteiger partial charge on any atom is 0.243 e. The first-order valence-electron chi connectivity index (χ1n) is 6.99. The van der Waals surface area contributed by atoms with Gasteiger partial charge < -0.3 is 4.90 Å². The van der Waals surface area contributed by atoms with Crippen molar-refractivity contribution < 1.29 is 4.79 Å². The second-order valence-corrected chi connectivity index (χ2v) is 5.13. The van der Waals surface area contributed by atoms with Gasteiger partial charge in [-0.1, -0.05) is 20.8 Å². The number of nitriles is 1. The Labute approximate surface area is 111 Å². The van der Waals surface area contributed by atoms with Crippen molar-refractivity contribution in [1.82, 2.24) is 9.80 Å². The molecule has 1 atom stereocenters. The zero-order chi connectivity index (χ0) is 13.8. The standard InChI is InChI=1S/C14H25N3O/c1-5-14(6-2,11-15)13(18)17-9-8-16(7-3)12(4)10-17/h12H,5-10H2,1-4H3. The van der Waals surface area contributed by atoms with Gasteiger partial charge >= 0.3 is 0 Å². The van der Waals surface area contributed by atoms with Crippen molar-refractivity contribution in [3.05, 3.63) is 0 Å². The largest absolute Gasteiger partial charge is 0.338 e. The van der Waals surface area contributed by atoms with E-state index < -0.39 is 5.41 Å². The van der Waals surface area contributed by atoms with Gasteiger partial charge in [0.2, 0.25) is 5.91 Å². The minimum absolute atomic E-state index is 0.0256. The second kappa shape index (κ2) is 6.19. The Hall–Kier alpha value is -1.08. The van der Waals surface area contributed by atoms with E-state index in [0.717, 1.165) is 26.2 Å². The number of nitrogens with zero attached hydrogens (tertiary/aromatic N) is 3. The predicted octanol–water partition coefficient (Wildman–Crippen LogP) is 1.87. The zero-order valence-electron chi connectivity index (χ0n) is 12.1. The fourth-order valence-corrected chi connectivity index (χ4v) is 2.71. The fraction of sp³-hybridized carbons (Fsp3) is 0.857. The molecule has 1 aliphatic heterocycles. The first-order valence-corrected chi connectivity index (χ1v) is 6.99. The third-order valence-electron chi connectivity index (χ3n) is 4.29. The van der Waals surface area contributed by atoms with Crippen molar-refractivity contribution in [2.75, 3.05) is 26.2 Å². The lowest BCUT2D eigenvalue weighted by Gasteiger charge is -2.41. The normalized spacial score (nSPS) is 21.7. The van der Waals surface area contributed by atoms with Crippen LogP contribution in [0.2, 0.25) is 0 Å². The number of carbonyl (C=O) groups excluding carboxylic acids is 1. The fourth-order valence-electron chi connectivity index (χ4n) is 2.71. The van der Waals surface area contributed by atoms with Gasteiger partial charge in [-0.15, -0.1) is 0 Å². The highest BCUT2D eigenvalue weighted by Crippen LogP contribution is 2.29. The molecular weight excluding hydrogens is 226 g/mol. The summed E-state index contributed by atoms with van der Waals surface area (Å²) in [6, 6.07) is 2.63. The molecule has 18 heavy (non-hydrogen) atoms. The van der Waals surface area contributed by atoms with E-state index in [9.17, 15) is 10.1 Å². The van der Waals surface area contributed by atoms with Crippen LogP contribution in [0, 0.1) is 16.7 Å². The molecule has 0 aromatic carbocycles. The van der Waals surface area contributed by atoms with Crippen LogP contribution in [0.15, 0.2) is 0 Å². The molecule has 0 bridgehead atoms. The Bertz CT molecular complexity index is 330. The van der Waals surface area contributed by atoms with Gasteiger partial charge in [-0.2, -0.15) is 5.26 Å². The molecule has 1 saturated heterocycles. The molecule has 1 rings (SSSR count). The lowest BCUT2D eigenvalue weighted by molar-refractivity contribution is -0.142. The summed E-state index contributed by atoms with van der Waals surface area (Å²) in [4.78, 5) is 16.8. The monoisotopic (exact) mass is 251 g/mol. The summed E-state index contributed by atoms with van der Waals surface area (Å²) < 4.78 is 0. The molecule has 1 aliphatic rings. The van der Waals surface area contributed by atoms with Gasteiger partial charge in [0.05, 0.1) is 6.07 Å². The van der Waals surface area contributed by atoms with Crippen LogP contribution in [-0.2, 0) is 4.79 Å². The van der Waals surface area contributed by atoms with Gasteiger partial charge in [-0.05, 0) is 26.3 Å². The summed E-state index contributed by atoms with van der Waals surface area (Å²) >= 11 is 0. The van der Waals surface area contributed by atoms with E-state index in [1.807, 2.05) is 18.7 Å². The Morgan fingerprint density at radius 1 is 1.33 bits per heavy atom. The van der Waals surface area contributed by atoms with Crippen molar-refractivity contribution in [1.29, 1.82) is 5.26 Å². The van der Waals surface area contributed by atoms with Crippen molar-refractivity contribution in [3.63, 3.8) is 0 Å². The van der Waals surface area contributed by atoms with E-state index >= 15 is 0 Å². The van der Waals surface area contributed by atoms with Crippen LogP contribution in [0.5, 0.6) is 0 Å². The van der Waals surface area contributed by atoms with E-state index in [0.29, 0.717) is 18.9 Å². The van der Waals surface area contributed by atoms with Crippen LogP contribution >= 0.6 is 0 Å². The second-order valence-electron chi connectivity index (χ2n) is 5.13. The number of piperazine rings is 1. The van der Waals surface area contributed by atoms with Crippen LogP contribution < -0.4 is 0 Å². The first-order chi connectivity index (χ1) is 8.54. The van der Waals surface area contributed by atoms with Gasteiger partial charge in [0.15, 0.2) is 0 Å². The SMILES string of the molecule is CCN1CCN(C(=O)C(C#N)(CC)CC)CC1C. The molecule has 1 unspecified atom stereocenters. The molecule has 4 nitrogen and oxygen atoms in total. The van der Waals surface area contributed by atoms with Crippen molar-refractivity contribution in [3.8, 4) is 6.07 Å². The first kappa shape index (κ1) is 15.0. The summed E-state index contributed by atoms with van der Waals surface area (Å²) in [5.74, 6) is 0.0256. The summed E-state index contributed by atoms with van der Waals surface area (Å²) in [6.07, 6.45) is 1.20. The van der Waals surface area contributed by atoms with Crippen LogP contribution in [0.3, 0.4) is 0 Å². The molecule has 0 saturated carbocycles. The number of carbonyl (C=O) groups is 1. The molecule has 1 amide bonds. The molecule has 4 heteroatoms. The lowest BCUT2D eigenvalue weighted by atomic mass is 9.82. The van der Waals surface area contributed by atoms with Crippen LogP contribution in [0.1, 0.15) is 40.5 Å². The number of likely N-dealkylation sites (N-methyl/N-ethyl adjacent to an activating group) is 1. The average Bonchev–Trinajstić information content (AvgIpc) is 2.41. The highest BCUT2D eigenvalue weighted by molar-refractivity contribution is 5.85. The molecular formula is C14H25N3O. The van der Waals surface area contributed by atoms with Crippen LogP contribution in [-0.4, -0.2) is 47.9 Å². The van der Waals surface area contributed by atoms with E-state index in [1.165, 1.54) is 0 Å². The third-order valence-corrected chi connectivity index (χ3v) is 4.29. The van der Waals surface area contributed by atoms with Crippen molar-refractivity contribution in [2.45, 2.75) is 46.6 Å². The molecule has 0 aromatic rings. The molecule has 0 aromatic heterocycles. The van der Waals surface area contributed by atoms with Crippen molar-refractivity contribution >= 4 is 5.91 Å². The Morgan fingerprint density at radius 2 is 1.94 bits per heavy atom.